The highest BCUT2D eigenvalue weighted by Crippen LogP contribution is 2.35. The summed E-state index contributed by atoms with van der Waals surface area (Å²) in [5.41, 5.74) is 0.00669. The lowest BCUT2D eigenvalue weighted by Crippen LogP contribution is -2.51. The second-order valence-corrected chi connectivity index (χ2v) is 7.95. The lowest BCUT2D eigenvalue weighted by molar-refractivity contribution is -0.0308. The summed E-state index contributed by atoms with van der Waals surface area (Å²) in [5, 5.41) is 12.7. The number of aryl methyl sites for hydroxylation is 1. The zero-order valence-corrected chi connectivity index (χ0v) is 14.3. The van der Waals surface area contributed by atoms with Gasteiger partial charge in [-0.2, -0.15) is 0 Å². The first-order chi connectivity index (χ1) is 10.7. The van der Waals surface area contributed by atoms with E-state index in [1.165, 1.54) is 12.1 Å². The molecule has 0 radical (unpaired) electrons. The monoisotopic (exact) mass is 340 g/mol. The SMILES string of the molecule is CCc1ccc(S(=O)(=O)NC(=O)NCC(C)(O)C2CCC2)cc1. The van der Waals surface area contributed by atoms with E-state index < -0.39 is 21.7 Å². The van der Waals surface area contributed by atoms with E-state index in [1.807, 2.05) is 11.6 Å². The molecule has 1 saturated carbocycles. The highest BCUT2D eigenvalue weighted by Gasteiger charge is 2.36. The standard InChI is InChI=1S/C16H24N2O4S/c1-3-12-7-9-14(10-8-12)23(21,22)18-15(19)17-11-16(2,20)13-5-4-6-13/h7-10,13,20H,3-6,11H2,1-2H3,(H2,17,18,19). The van der Waals surface area contributed by atoms with Crippen LogP contribution in [0.1, 0.15) is 38.7 Å². The van der Waals surface area contributed by atoms with Crippen molar-refractivity contribution >= 4 is 16.1 Å². The van der Waals surface area contributed by atoms with Crippen LogP contribution < -0.4 is 10.0 Å². The molecular formula is C16H24N2O4S. The van der Waals surface area contributed by atoms with Gasteiger partial charge in [0.2, 0.25) is 0 Å². The van der Waals surface area contributed by atoms with Gasteiger partial charge in [-0.15, -0.1) is 0 Å². The number of sulfonamides is 1. The fourth-order valence-electron chi connectivity index (χ4n) is 2.56. The van der Waals surface area contributed by atoms with E-state index in [0.717, 1.165) is 31.2 Å². The summed E-state index contributed by atoms with van der Waals surface area (Å²) in [5.74, 6) is 0.154. The minimum atomic E-state index is -3.91. The van der Waals surface area contributed by atoms with Gasteiger partial charge in [-0.1, -0.05) is 25.5 Å². The second-order valence-electron chi connectivity index (χ2n) is 6.27. The summed E-state index contributed by atoms with van der Waals surface area (Å²) >= 11 is 0. The molecule has 2 amide bonds. The molecule has 7 heteroatoms. The largest absolute Gasteiger partial charge is 0.388 e. The van der Waals surface area contributed by atoms with Crippen LogP contribution in [0.2, 0.25) is 0 Å². The third kappa shape index (κ3) is 4.45. The van der Waals surface area contributed by atoms with Crippen molar-refractivity contribution in [2.75, 3.05) is 6.54 Å². The Hall–Kier alpha value is -1.60. The van der Waals surface area contributed by atoms with Crippen LogP contribution in [-0.2, 0) is 16.4 Å². The third-order valence-electron chi connectivity index (χ3n) is 4.46. The van der Waals surface area contributed by atoms with Gasteiger partial charge >= 0.3 is 6.03 Å². The number of carbonyl (C=O) groups excluding carboxylic acids is 1. The number of rotatable bonds is 6. The number of benzene rings is 1. The van der Waals surface area contributed by atoms with Crippen LogP contribution in [0.15, 0.2) is 29.2 Å². The molecule has 1 atom stereocenters. The van der Waals surface area contributed by atoms with E-state index in [4.69, 9.17) is 0 Å². The molecule has 1 aromatic carbocycles. The summed E-state index contributed by atoms with van der Waals surface area (Å²) in [7, 11) is -3.91. The van der Waals surface area contributed by atoms with Crippen LogP contribution in [0, 0.1) is 5.92 Å². The van der Waals surface area contributed by atoms with Gasteiger partial charge in [0.1, 0.15) is 0 Å². The van der Waals surface area contributed by atoms with Gasteiger partial charge in [0.15, 0.2) is 0 Å². The zero-order chi connectivity index (χ0) is 17.1. The van der Waals surface area contributed by atoms with E-state index in [2.05, 4.69) is 5.32 Å². The van der Waals surface area contributed by atoms with Crippen LogP contribution in [0.5, 0.6) is 0 Å². The molecule has 1 unspecified atom stereocenters. The molecule has 0 spiro atoms. The van der Waals surface area contributed by atoms with Crippen molar-refractivity contribution in [2.45, 2.75) is 50.0 Å². The minimum absolute atomic E-state index is 0.0216. The summed E-state index contributed by atoms with van der Waals surface area (Å²) in [6.45, 7) is 3.66. The van der Waals surface area contributed by atoms with Crippen LogP contribution in [-0.4, -0.2) is 31.7 Å². The highest BCUT2D eigenvalue weighted by atomic mass is 32.2. The maximum Gasteiger partial charge on any atom is 0.328 e. The van der Waals surface area contributed by atoms with Gasteiger partial charge in [-0.25, -0.2) is 17.9 Å². The topological polar surface area (TPSA) is 95.5 Å². The normalized spacial score (nSPS) is 17.9. The third-order valence-corrected chi connectivity index (χ3v) is 5.81. The fourth-order valence-corrected chi connectivity index (χ4v) is 3.48. The van der Waals surface area contributed by atoms with Crippen molar-refractivity contribution in [3.05, 3.63) is 29.8 Å². The van der Waals surface area contributed by atoms with E-state index in [9.17, 15) is 18.3 Å². The first-order valence-electron chi connectivity index (χ1n) is 7.86. The van der Waals surface area contributed by atoms with Gasteiger partial charge in [0, 0.05) is 6.54 Å². The zero-order valence-electron chi connectivity index (χ0n) is 13.5. The average Bonchev–Trinajstić information content (AvgIpc) is 2.42. The molecule has 6 nitrogen and oxygen atoms in total. The van der Waals surface area contributed by atoms with Gasteiger partial charge in [0.25, 0.3) is 10.0 Å². The second kappa shape index (κ2) is 6.88. The molecule has 0 aliphatic heterocycles. The molecule has 2 rings (SSSR count). The van der Waals surface area contributed by atoms with E-state index in [-0.39, 0.29) is 17.4 Å². The number of aliphatic hydroxyl groups is 1. The lowest BCUT2D eigenvalue weighted by atomic mass is 9.74. The van der Waals surface area contributed by atoms with Crippen LogP contribution in [0.4, 0.5) is 4.79 Å². The number of amides is 2. The lowest BCUT2D eigenvalue weighted by Gasteiger charge is -2.38. The molecule has 0 heterocycles. The predicted octanol–water partition coefficient (Wildman–Crippen LogP) is 1.79. The van der Waals surface area contributed by atoms with Crippen LogP contribution in [0.3, 0.4) is 0 Å². The summed E-state index contributed by atoms with van der Waals surface area (Å²) in [6, 6.07) is 5.55. The molecule has 1 fully saturated rings. The quantitative estimate of drug-likeness (QED) is 0.736. The highest BCUT2D eigenvalue weighted by molar-refractivity contribution is 7.90. The van der Waals surface area contributed by atoms with E-state index >= 15 is 0 Å². The Kier molecular flexibility index (Phi) is 5.31. The number of hydrogen-bond donors (Lipinski definition) is 3. The van der Waals surface area contributed by atoms with Crippen molar-refractivity contribution in [3.8, 4) is 0 Å². The Labute approximate surface area is 137 Å². The first kappa shape index (κ1) is 17.7. The molecule has 0 saturated heterocycles. The van der Waals surface area contributed by atoms with Crippen LogP contribution >= 0.6 is 0 Å². The van der Waals surface area contributed by atoms with Gasteiger partial charge < -0.3 is 10.4 Å². The molecule has 3 N–H and O–H groups in total. The maximum absolute atomic E-state index is 12.1. The van der Waals surface area contributed by atoms with E-state index in [1.54, 1.807) is 19.1 Å². The summed E-state index contributed by atoms with van der Waals surface area (Å²) in [4.78, 5) is 11.9. The Morgan fingerprint density at radius 3 is 2.39 bits per heavy atom. The minimum Gasteiger partial charge on any atom is -0.388 e. The van der Waals surface area contributed by atoms with Crippen molar-refractivity contribution in [2.24, 2.45) is 5.92 Å². The Morgan fingerprint density at radius 2 is 1.91 bits per heavy atom. The molecule has 128 valence electrons. The number of hydrogen-bond acceptors (Lipinski definition) is 4. The summed E-state index contributed by atoms with van der Waals surface area (Å²) in [6.07, 6.45) is 3.75. The molecular weight excluding hydrogens is 316 g/mol. The Balaban J connectivity index is 1.92. The summed E-state index contributed by atoms with van der Waals surface area (Å²) < 4.78 is 26.2. The van der Waals surface area contributed by atoms with Gasteiger partial charge in [0.05, 0.1) is 10.5 Å². The van der Waals surface area contributed by atoms with Crippen LogP contribution in [0.25, 0.3) is 0 Å². The van der Waals surface area contributed by atoms with Crippen molar-refractivity contribution in [3.63, 3.8) is 0 Å². The average molecular weight is 340 g/mol. The molecule has 0 bridgehead atoms. The molecule has 1 aromatic rings. The van der Waals surface area contributed by atoms with Crippen molar-refractivity contribution < 1.29 is 18.3 Å². The van der Waals surface area contributed by atoms with Gasteiger partial charge in [-0.05, 0) is 49.8 Å². The molecule has 1 aliphatic carbocycles. The predicted molar refractivity (Wildman–Crippen MR) is 87.5 cm³/mol. The maximum atomic E-state index is 12.1. The first-order valence-corrected chi connectivity index (χ1v) is 9.35. The number of urea groups is 1. The van der Waals surface area contributed by atoms with Crippen molar-refractivity contribution in [1.82, 2.24) is 10.0 Å². The molecule has 23 heavy (non-hydrogen) atoms. The Bertz CT molecular complexity index is 649. The van der Waals surface area contributed by atoms with Gasteiger partial charge in [-0.3, -0.25) is 0 Å². The fraction of sp³-hybridized carbons (Fsp3) is 0.562. The van der Waals surface area contributed by atoms with Crippen molar-refractivity contribution in [1.29, 1.82) is 0 Å². The molecule has 0 aromatic heterocycles. The number of nitrogens with one attached hydrogen (secondary N) is 2. The van der Waals surface area contributed by atoms with E-state index in [0.29, 0.717) is 0 Å². The molecule has 1 aliphatic rings. The smallest absolute Gasteiger partial charge is 0.328 e. The Morgan fingerprint density at radius 1 is 1.30 bits per heavy atom. The number of carbonyl (C=O) groups is 1.